The molecule has 14 heteroatoms. The maximum absolute atomic E-state index is 12.6. The van der Waals surface area contributed by atoms with Gasteiger partial charge in [-0.15, -0.1) is 21.0 Å². The second kappa shape index (κ2) is 14.9. The summed E-state index contributed by atoms with van der Waals surface area (Å²) >= 11 is 0. The Kier molecular flexibility index (Phi) is 10.6. The van der Waals surface area contributed by atoms with E-state index in [0.717, 1.165) is 34.4 Å². The average Bonchev–Trinajstić information content (AvgIpc) is 3.73. The van der Waals surface area contributed by atoms with Crippen LogP contribution < -0.4 is 4.74 Å². The van der Waals surface area contributed by atoms with Crippen molar-refractivity contribution in [3.8, 4) is 5.75 Å². The van der Waals surface area contributed by atoms with Crippen LogP contribution in [0.5, 0.6) is 5.75 Å². The van der Waals surface area contributed by atoms with Crippen molar-refractivity contribution in [3.63, 3.8) is 0 Å². The molecule has 5 aromatic rings. The molecule has 0 aliphatic carbocycles. The SMILES string of the molecule is CCc1cn(Cc2cccc(Cn3cc(COC(c4ccc(C)c(CN5CC(C)Oc6ccccc6S5(O)O)c4)C(C)(C)C(=O)O)nn3)c2)nn1. The van der Waals surface area contributed by atoms with E-state index in [2.05, 4.69) is 26.7 Å². The second-order valence-corrected chi connectivity index (χ2v) is 15.6. The Bertz CT molecular complexity index is 1990. The quantitative estimate of drug-likeness (QED) is 0.122. The number of carbonyl (C=O) groups is 1. The number of hydrogen-bond donors (Lipinski definition) is 3. The van der Waals surface area contributed by atoms with Crippen LogP contribution in [0.4, 0.5) is 0 Å². The zero-order valence-corrected chi connectivity index (χ0v) is 30.3. The molecular weight excluding hydrogens is 671 g/mol. The molecule has 2 unspecified atom stereocenters. The summed E-state index contributed by atoms with van der Waals surface area (Å²) in [7, 11) is -3.37. The summed E-state index contributed by atoms with van der Waals surface area (Å²) in [5.74, 6) is -0.562. The number of benzene rings is 3. The molecule has 270 valence electrons. The minimum absolute atomic E-state index is 0.0367. The van der Waals surface area contributed by atoms with Crippen molar-refractivity contribution in [3.05, 3.63) is 118 Å². The highest BCUT2D eigenvalue weighted by Crippen LogP contribution is 2.57. The van der Waals surface area contributed by atoms with Gasteiger partial charge in [0.1, 0.15) is 22.4 Å². The van der Waals surface area contributed by atoms with Crippen molar-refractivity contribution in [1.29, 1.82) is 0 Å². The Hall–Kier alpha value is -4.60. The van der Waals surface area contributed by atoms with Crippen LogP contribution in [0.1, 0.15) is 73.0 Å². The second-order valence-electron chi connectivity index (χ2n) is 13.6. The summed E-state index contributed by atoms with van der Waals surface area (Å²) in [5.41, 5.74) is 4.73. The van der Waals surface area contributed by atoms with Crippen LogP contribution in [-0.4, -0.2) is 67.1 Å². The zero-order chi connectivity index (χ0) is 36.3. The van der Waals surface area contributed by atoms with Crippen LogP contribution in [0, 0.1) is 12.3 Å². The van der Waals surface area contributed by atoms with Crippen molar-refractivity contribution in [2.45, 2.75) is 84.4 Å². The van der Waals surface area contributed by atoms with Gasteiger partial charge in [0.2, 0.25) is 0 Å². The van der Waals surface area contributed by atoms with Crippen LogP contribution in [0.2, 0.25) is 0 Å². The van der Waals surface area contributed by atoms with E-state index in [-0.39, 0.29) is 25.8 Å². The number of nitrogens with zero attached hydrogens (tertiary/aromatic N) is 7. The van der Waals surface area contributed by atoms with Crippen molar-refractivity contribution in [1.82, 2.24) is 34.3 Å². The molecule has 2 atom stereocenters. The van der Waals surface area contributed by atoms with E-state index in [0.29, 0.717) is 35.0 Å². The number of aryl methyl sites for hydroxylation is 2. The van der Waals surface area contributed by atoms with E-state index in [1.807, 2.05) is 68.0 Å². The van der Waals surface area contributed by atoms with Gasteiger partial charge in [-0.1, -0.05) is 71.9 Å². The van der Waals surface area contributed by atoms with Crippen LogP contribution in [0.3, 0.4) is 0 Å². The number of carboxylic acid groups (broad SMARTS) is 1. The third-order valence-corrected chi connectivity index (χ3v) is 11.1. The summed E-state index contributed by atoms with van der Waals surface area (Å²) in [6.07, 6.45) is 3.44. The van der Waals surface area contributed by atoms with Crippen molar-refractivity contribution >= 4 is 16.7 Å². The lowest BCUT2D eigenvalue weighted by molar-refractivity contribution is -0.158. The molecule has 0 amide bonds. The van der Waals surface area contributed by atoms with Crippen molar-refractivity contribution in [2.24, 2.45) is 5.41 Å². The number of ether oxygens (including phenoxy) is 2. The Morgan fingerprint density at radius 1 is 0.961 bits per heavy atom. The highest BCUT2D eigenvalue weighted by Gasteiger charge is 2.40. The number of fused-ring (bicyclic) bond motifs is 1. The molecule has 13 nitrogen and oxygen atoms in total. The molecule has 6 rings (SSSR count). The summed E-state index contributed by atoms with van der Waals surface area (Å²) in [4.78, 5) is 12.9. The van der Waals surface area contributed by atoms with Crippen LogP contribution >= 0.6 is 10.8 Å². The Balaban J connectivity index is 1.18. The monoisotopic (exact) mass is 715 g/mol. The first-order valence-electron chi connectivity index (χ1n) is 16.9. The Labute approximate surface area is 299 Å². The van der Waals surface area contributed by atoms with E-state index < -0.39 is 28.3 Å². The Morgan fingerprint density at radius 2 is 1.63 bits per heavy atom. The topological polar surface area (TPSA) is 161 Å². The van der Waals surface area contributed by atoms with Gasteiger partial charge in [-0.05, 0) is 74.1 Å². The van der Waals surface area contributed by atoms with Gasteiger partial charge in [-0.3, -0.25) is 13.9 Å². The number of aromatic nitrogens is 6. The molecular formula is C37H45N7O6S. The first kappa shape index (κ1) is 36.2. The van der Waals surface area contributed by atoms with Gasteiger partial charge >= 0.3 is 5.97 Å². The molecule has 0 saturated heterocycles. The molecule has 0 fully saturated rings. The van der Waals surface area contributed by atoms with Crippen LogP contribution in [0.15, 0.2) is 84.0 Å². The summed E-state index contributed by atoms with van der Waals surface area (Å²) in [6, 6.07) is 20.8. The number of carboxylic acids is 1. The first-order valence-corrected chi connectivity index (χ1v) is 18.4. The van der Waals surface area contributed by atoms with E-state index in [1.165, 1.54) is 0 Å². The molecule has 0 bridgehead atoms. The van der Waals surface area contributed by atoms with Crippen LogP contribution in [0.25, 0.3) is 0 Å². The molecule has 3 heterocycles. The lowest BCUT2D eigenvalue weighted by Crippen LogP contribution is -2.34. The normalized spacial score (nSPS) is 17.3. The molecule has 0 radical (unpaired) electrons. The zero-order valence-electron chi connectivity index (χ0n) is 29.5. The first-order chi connectivity index (χ1) is 24.3. The molecule has 0 saturated carbocycles. The fourth-order valence-electron chi connectivity index (χ4n) is 6.19. The number of hydrogen-bond acceptors (Lipinski definition) is 10. The third kappa shape index (κ3) is 8.16. The van der Waals surface area contributed by atoms with Gasteiger partial charge in [0, 0.05) is 12.7 Å². The highest BCUT2D eigenvalue weighted by atomic mass is 32.3. The molecule has 3 aromatic carbocycles. The average molecular weight is 716 g/mol. The fourth-order valence-corrected chi connectivity index (χ4v) is 7.85. The fraction of sp³-hybridized carbons (Fsp3) is 0.378. The van der Waals surface area contributed by atoms with Crippen LogP contribution in [-0.2, 0) is 42.2 Å². The molecule has 0 spiro atoms. The largest absolute Gasteiger partial charge is 0.487 e. The maximum atomic E-state index is 12.6. The number of para-hydroxylation sites is 1. The van der Waals surface area contributed by atoms with E-state index in [4.69, 9.17) is 9.47 Å². The molecule has 1 aliphatic rings. The summed E-state index contributed by atoms with van der Waals surface area (Å²) in [5, 5.41) is 27.3. The van der Waals surface area contributed by atoms with Gasteiger partial charge in [-0.25, -0.2) is 9.36 Å². The lowest BCUT2D eigenvalue weighted by Gasteiger charge is -2.42. The van der Waals surface area contributed by atoms with Gasteiger partial charge in [0.05, 0.1) is 49.7 Å². The lowest BCUT2D eigenvalue weighted by atomic mass is 9.81. The molecule has 1 aliphatic heterocycles. The van der Waals surface area contributed by atoms with E-state index in [9.17, 15) is 19.0 Å². The standard InChI is InChI=1S/C37H45N7O6S/c1-6-31-22-42(40-38-31)19-27-10-9-11-28(16-27)20-43-23-32(39-41-43)24-49-35(37(4,5)36(45)46)29-15-14-25(2)30(17-29)21-44-18-26(3)50-33-12-7-8-13-34(33)51(44,47)48/h7-17,22-23,26,35,47-48H,6,18-21,24H2,1-5H3,(H,45,46). The predicted molar refractivity (Wildman–Crippen MR) is 192 cm³/mol. The predicted octanol–water partition coefficient (Wildman–Crippen LogP) is 6.51. The van der Waals surface area contributed by atoms with Gasteiger partial charge in [0.25, 0.3) is 0 Å². The highest BCUT2D eigenvalue weighted by molar-refractivity contribution is 8.22. The van der Waals surface area contributed by atoms with Gasteiger partial charge < -0.3 is 14.6 Å². The molecule has 3 N–H and O–H groups in total. The number of aliphatic carboxylic acids is 1. The molecule has 2 aromatic heterocycles. The van der Waals surface area contributed by atoms with Gasteiger partial charge in [0.15, 0.2) is 0 Å². The minimum atomic E-state index is -3.37. The maximum Gasteiger partial charge on any atom is 0.312 e. The third-order valence-electron chi connectivity index (χ3n) is 9.14. The number of rotatable bonds is 13. The van der Waals surface area contributed by atoms with Gasteiger partial charge in [-0.2, -0.15) is 4.31 Å². The summed E-state index contributed by atoms with van der Waals surface area (Å²) in [6.45, 7) is 10.8. The minimum Gasteiger partial charge on any atom is -0.487 e. The van der Waals surface area contributed by atoms with E-state index >= 15 is 0 Å². The Morgan fingerprint density at radius 3 is 2.29 bits per heavy atom. The van der Waals surface area contributed by atoms with E-state index in [1.54, 1.807) is 53.3 Å². The smallest absolute Gasteiger partial charge is 0.312 e. The summed E-state index contributed by atoms with van der Waals surface area (Å²) < 4.78 is 40.5. The van der Waals surface area contributed by atoms with Crippen molar-refractivity contribution in [2.75, 3.05) is 6.54 Å². The molecule has 51 heavy (non-hydrogen) atoms. The van der Waals surface area contributed by atoms with Crippen molar-refractivity contribution < 1.29 is 28.5 Å².